The first kappa shape index (κ1) is 16.4. The van der Waals surface area contributed by atoms with Gasteiger partial charge >= 0.3 is 5.97 Å². The molecule has 0 heterocycles. The highest BCUT2D eigenvalue weighted by molar-refractivity contribution is 8.00. The van der Waals surface area contributed by atoms with Crippen molar-refractivity contribution >= 4 is 27.6 Å². The molecule has 0 aliphatic heterocycles. The van der Waals surface area contributed by atoms with Gasteiger partial charge in [0.25, 0.3) is 0 Å². The van der Waals surface area contributed by atoms with Crippen molar-refractivity contribution in [3.63, 3.8) is 0 Å². The normalized spacial score (nSPS) is 16.2. The van der Waals surface area contributed by atoms with Gasteiger partial charge in [-0.25, -0.2) is 13.2 Å². The van der Waals surface area contributed by atoms with Crippen molar-refractivity contribution in [1.82, 2.24) is 0 Å². The van der Waals surface area contributed by atoms with Gasteiger partial charge in [0.15, 0.2) is 9.84 Å². The average molecular weight is 328 g/mol. The summed E-state index contributed by atoms with van der Waals surface area (Å²) in [6.45, 7) is 0. The second-order valence-electron chi connectivity index (χ2n) is 5.37. The molecule has 1 aromatic carbocycles. The van der Waals surface area contributed by atoms with Gasteiger partial charge in [0.1, 0.15) is 0 Å². The molecule has 0 saturated heterocycles. The summed E-state index contributed by atoms with van der Waals surface area (Å²) < 4.78 is 24.3. The number of thioether (sulfide) groups is 1. The fourth-order valence-electron chi connectivity index (χ4n) is 2.52. The lowest BCUT2D eigenvalue weighted by Crippen LogP contribution is -2.10. The average Bonchev–Trinajstić information content (AvgIpc) is 2.97. The van der Waals surface area contributed by atoms with Crippen LogP contribution in [-0.4, -0.2) is 36.8 Å². The van der Waals surface area contributed by atoms with E-state index in [-0.39, 0.29) is 16.2 Å². The minimum absolute atomic E-state index is 0.101. The van der Waals surface area contributed by atoms with E-state index < -0.39 is 15.8 Å². The van der Waals surface area contributed by atoms with Crippen molar-refractivity contribution < 1.29 is 18.3 Å². The first-order valence-electron chi connectivity index (χ1n) is 7.13. The van der Waals surface area contributed by atoms with Gasteiger partial charge in [0, 0.05) is 5.75 Å². The van der Waals surface area contributed by atoms with Crippen molar-refractivity contribution in [1.29, 1.82) is 0 Å². The Labute approximate surface area is 129 Å². The van der Waals surface area contributed by atoms with Gasteiger partial charge in [0.05, 0.1) is 16.2 Å². The lowest BCUT2D eigenvalue weighted by Gasteiger charge is -2.08. The third-order valence-corrected chi connectivity index (χ3v) is 6.98. The summed E-state index contributed by atoms with van der Waals surface area (Å²) in [5.41, 5.74) is 0.101. The summed E-state index contributed by atoms with van der Waals surface area (Å²) in [5, 5.41) is 8.80. The zero-order valence-electron chi connectivity index (χ0n) is 11.8. The third kappa shape index (κ3) is 4.74. The topological polar surface area (TPSA) is 71.4 Å². The third-order valence-electron chi connectivity index (χ3n) is 3.79. The molecule has 6 heteroatoms. The molecule has 1 saturated carbocycles. The monoisotopic (exact) mass is 328 g/mol. The maximum absolute atomic E-state index is 12.1. The Kier molecular flexibility index (Phi) is 5.70. The Bertz CT molecular complexity index is 572. The molecule has 1 aliphatic rings. The van der Waals surface area contributed by atoms with Gasteiger partial charge < -0.3 is 5.11 Å². The van der Waals surface area contributed by atoms with Crippen molar-refractivity contribution in [2.45, 2.75) is 30.6 Å². The van der Waals surface area contributed by atoms with Crippen LogP contribution in [-0.2, 0) is 9.84 Å². The van der Waals surface area contributed by atoms with E-state index in [0.29, 0.717) is 5.75 Å². The van der Waals surface area contributed by atoms with Crippen LogP contribution in [0.15, 0.2) is 29.2 Å². The zero-order chi connectivity index (χ0) is 15.3. The zero-order valence-corrected chi connectivity index (χ0v) is 13.5. The molecule has 21 heavy (non-hydrogen) atoms. The number of hydrogen-bond donors (Lipinski definition) is 1. The van der Waals surface area contributed by atoms with Crippen molar-refractivity contribution in [2.24, 2.45) is 5.92 Å². The van der Waals surface area contributed by atoms with Crippen LogP contribution in [0.5, 0.6) is 0 Å². The second-order valence-corrected chi connectivity index (χ2v) is 8.63. The standard InChI is InChI=1S/C15H20O4S2/c16-15(17)13-5-7-14(8-6-13)21(18,19)10-9-20-11-12-3-1-2-4-12/h5-8,12H,1-4,9-11H2,(H,16,17). The van der Waals surface area contributed by atoms with Crippen LogP contribution in [0.4, 0.5) is 0 Å². The predicted molar refractivity (Wildman–Crippen MR) is 84.7 cm³/mol. The molecule has 1 aromatic rings. The molecule has 116 valence electrons. The number of carboxylic acids is 1. The fraction of sp³-hybridized carbons (Fsp3) is 0.533. The number of carbonyl (C=O) groups is 1. The number of sulfone groups is 1. The molecule has 0 amide bonds. The second kappa shape index (κ2) is 7.31. The minimum atomic E-state index is -3.31. The molecule has 0 aromatic heterocycles. The van der Waals surface area contributed by atoms with Gasteiger partial charge in [-0.3, -0.25) is 0 Å². The molecule has 1 N–H and O–H groups in total. The van der Waals surface area contributed by atoms with Crippen LogP contribution in [0.1, 0.15) is 36.0 Å². The van der Waals surface area contributed by atoms with Crippen LogP contribution < -0.4 is 0 Å². The smallest absolute Gasteiger partial charge is 0.335 e. The first-order valence-corrected chi connectivity index (χ1v) is 9.93. The molecule has 0 spiro atoms. The van der Waals surface area contributed by atoms with E-state index in [0.717, 1.165) is 11.7 Å². The number of hydrogen-bond acceptors (Lipinski definition) is 4. The highest BCUT2D eigenvalue weighted by atomic mass is 32.2. The summed E-state index contributed by atoms with van der Waals surface area (Å²) in [5.74, 6) is 1.46. The largest absolute Gasteiger partial charge is 0.478 e. The molecule has 1 fully saturated rings. The highest BCUT2D eigenvalue weighted by Crippen LogP contribution is 2.28. The van der Waals surface area contributed by atoms with E-state index >= 15 is 0 Å². The van der Waals surface area contributed by atoms with Crippen LogP contribution in [0.2, 0.25) is 0 Å². The highest BCUT2D eigenvalue weighted by Gasteiger charge is 2.17. The van der Waals surface area contributed by atoms with E-state index in [9.17, 15) is 13.2 Å². The molecule has 0 bridgehead atoms. The Balaban J connectivity index is 1.84. The molecular formula is C15H20O4S2. The molecule has 4 nitrogen and oxygen atoms in total. The van der Waals surface area contributed by atoms with Crippen molar-refractivity contribution in [3.05, 3.63) is 29.8 Å². The lowest BCUT2D eigenvalue weighted by atomic mass is 10.1. The molecule has 0 atom stereocenters. The Morgan fingerprint density at radius 2 is 1.81 bits per heavy atom. The molecule has 0 unspecified atom stereocenters. The van der Waals surface area contributed by atoms with E-state index in [1.165, 1.54) is 49.9 Å². The van der Waals surface area contributed by atoms with Gasteiger partial charge in [-0.2, -0.15) is 11.8 Å². The molecular weight excluding hydrogens is 308 g/mol. The van der Waals surface area contributed by atoms with Crippen molar-refractivity contribution in [3.8, 4) is 0 Å². The van der Waals surface area contributed by atoms with E-state index in [1.54, 1.807) is 11.8 Å². The van der Waals surface area contributed by atoms with Gasteiger partial charge in [-0.1, -0.05) is 12.8 Å². The maximum Gasteiger partial charge on any atom is 0.335 e. The number of carboxylic acid groups (broad SMARTS) is 1. The molecule has 2 rings (SSSR count). The summed E-state index contributed by atoms with van der Waals surface area (Å²) in [4.78, 5) is 10.9. The summed E-state index contributed by atoms with van der Waals surface area (Å²) in [6.07, 6.45) is 5.16. The number of aromatic carboxylic acids is 1. The van der Waals surface area contributed by atoms with Crippen LogP contribution in [0.3, 0.4) is 0 Å². The van der Waals surface area contributed by atoms with E-state index in [4.69, 9.17) is 5.11 Å². The van der Waals surface area contributed by atoms with Crippen LogP contribution >= 0.6 is 11.8 Å². The van der Waals surface area contributed by atoms with Crippen LogP contribution in [0, 0.1) is 5.92 Å². The van der Waals surface area contributed by atoms with Crippen molar-refractivity contribution in [2.75, 3.05) is 17.3 Å². The number of benzene rings is 1. The lowest BCUT2D eigenvalue weighted by molar-refractivity contribution is 0.0696. The summed E-state index contributed by atoms with van der Waals surface area (Å²) >= 11 is 1.71. The molecule has 1 aliphatic carbocycles. The maximum atomic E-state index is 12.1. The van der Waals surface area contributed by atoms with E-state index in [1.807, 2.05) is 0 Å². The van der Waals surface area contributed by atoms with Gasteiger partial charge in [-0.15, -0.1) is 0 Å². The Morgan fingerprint density at radius 1 is 1.19 bits per heavy atom. The van der Waals surface area contributed by atoms with Gasteiger partial charge in [-0.05, 0) is 48.8 Å². The predicted octanol–water partition coefficient (Wildman–Crippen LogP) is 3.08. The fourth-order valence-corrected chi connectivity index (χ4v) is 5.49. The number of rotatable bonds is 7. The van der Waals surface area contributed by atoms with Gasteiger partial charge in [0.2, 0.25) is 0 Å². The first-order chi connectivity index (χ1) is 9.99. The Hall–Kier alpha value is -1.01. The minimum Gasteiger partial charge on any atom is -0.478 e. The molecule has 0 radical (unpaired) electrons. The Morgan fingerprint density at radius 3 is 2.38 bits per heavy atom. The van der Waals surface area contributed by atoms with Crippen LogP contribution in [0.25, 0.3) is 0 Å². The van der Waals surface area contributed by atoms with E-state index in [2.05, 4.69) is 0 Å². The summed E-state index contributed by atoms with van der Waals surface area (Å²) in [6, 6.07) is 5.42. The quantitative estimate of drug-likeness (QED) is 0.779. The summed E-state index contributed by atoms with van der Waals surface area (Å²) in [7, 11) is -3.31. The SMILES string of the molecule is O=C(O)c1ccc(S(=O)(=O)CCSCC2CCCC2)cc1.